The van der Waals surface area contributed by atoms with Crippen LogP contribution >= 0.6 is 11.6 Å². The van der Waals surface area contributed by atoms with Gasteiger partial charge in [-0.1, -0.05) is 41.9 Å². The molecule has 1 heterocycles. The summed E-state index contributed by atoms with van der Waals surface area (Å²) in [4.78, 5) is 17.0. The van der Waals surface area contributed by atoms with E-state index in [1.165, 1.54) is 17.7 Å². The first-order valence-electron chi connectivity index (χ1n) is 10.8. The number of alkyl halides is 3. The standard InChI is InChI=1S/C24H29ClF3N3O/c1-17(23(32)29-22-9-8-20(25)14-21(22)24(26,27)28)31-12-10-19(11-13-31)16-30(2)15-18-6-4-3-5-7-18/h3-9,14,17,19H,10-13,15-16H2,1-2H3,(H,29,32). The van der Waals surface area contributed by atoms with E-state index in [0.29, 0.717) is 5.92 Å². The highest BCUT2D eigenvalue weighted by atomic mass is 35.5. The molecule has 0 saturated carbocycles. The van der Waals surface area contributed by atoms with Crippen LogP contribution in [0.5, 0.6) is 0 Å². The lowest BCUT2D eigenvalue weighted by atomic mass is 9.95. The largest absolute Gasteiger partial charge is 0.418 e. The zero-order chi connectivity index (χ0) is 23.3. The fourth-order valence-corrected chi connectivity index (χ4v) is 4.36. The fraction of sp³-hybridized carbons (Fsp3) is 0.458. The lowest BCUT2D eigenvalue weighted by Gasteiger charge is -2.36. The minimum absolute atomic E-state index is 0.0253. The van der Waals surface area contributed by atoms with Gasteiger partial charge in [-0.05, 0) is 69.6 Å². The first-order chi connectivity index (χ1) is 15.1. The number of rotatable bonds is 7. The van der Waals surface area contributed by atoms with Crippen LogP contribution in [0.2, 0.25) is 5.02 Å². The van der Waals surface area contributed by atoms with Gasteiger partial charge in [0.05, 0.1) is 17.3 Å². The molecule has 2 aromatic rings. The average molecular weight is 468 g/mol. The number of nitrogens with zero attached hydrogens (tertiary/aromatic N) is 2. The van der Waals surface area contributed by atoms with Crippen molar-refractivity contribution in [1.82, 2.24) is 9.80 Å². The molecule has 174 valence electrons. The van der Waals surface area contributed by atoms with Crippen molar-refractivity contribution in [2.45, 2.75) is 38.5 Å². The minimum atomic E-state index is -4.60. The van der Waals surface area contributed by atoms with E-state index in [2.05, 4.69) is 29.4 Å². The number of halogens is 4. The third-order valence-electron chi connectivity index (χ3n) is 5.99. The van der Waals surface area contributed by atoms with Crippen molar-refractivity contribution < 1.29 is 18.0 Å². The summed E-state index contributed by atoms with van der Waals surface area (Å²) in [6, 6.07) is 13.2. The first kappa shape index (κ1) is 24.6. The van der Waals surface area contributed by atoms with Gasteiger partial charge in [0.1, 0.15) is 0 Å². The molecule has 1 saturated heterocycles. The molecule has 0 bridgehead atoms. The number of hydrogen-bond acceptors (Lipinski definition) is 3. The second-order valence-corrected chi connectivity index (χ2v) is 8.95. The fourth-order valence-electron chi connectivity index (χ4n) is 4.19. The summed E-state index contributed by atoms with van der Waals surface area (Å²) < 4.78 is 39.9. The predicted octanol–water partition coefficient (Wildman–Crippen LogP) is 5.53. The van der Waals surface area contributed by atoms with Crippen molar-refractivity contribution in [3.63, 3.8) is 0 Å². The van der Waals surface area contributed by atoms with E-state index in [4.69, 9.17) is 11.6 Å². The number of amides is 1. The predicted molar refractivity (Wildman–Crippen MR) is 122 cm³/mol. The quantitative estimate of drug-likeness (QED) is 0.581. The molecule has 3 rings (SSSR count). The maximum atomic E-state index is 13.3. The molecule has 4 nitrogen and oxygen atoms in total. The van der Waals surface area contributed by atoms with Gasteiger partial charge < -0.3 is 10.2 Å². The molecule has 1 N–H and O–H groups in total. The Balaban J connectivity index is 1.51. The number of likely N-dealkylation sites (tertiary alicyclic amines) is 1. The van der Waals surface area contributed by atoms with Gasteiger partial charge >= 0.3 is 6.18 Å². The summed E-state index contributed by atoms with van der Waals surface area (Å²) >= 11 is 5.71. The second kappa shape index (κ2) is 10.7. The van der Waals surface area contributed by atoms with Crippen LogP contribution in [0.25, 0.3) is 0 Å². The summed E-state index contributed by atoms with van der Waals surface area (Å²) in [6.07, 6.45) is -2.70. The van der Waals surface area contributed by atoms with E-state index in [-0.39, 0.29) is 10.7 Å². The van der Waals surface area contributed by atoms with Gasteiger partial charge in [-0.2, -0.15) is 13.2 Å². The zero-order valence-electron chi connectivity index (χ0n) is 18.3. The number of carbonyl (C=O) groups is 1. The number of anilines is 1. The maximum Gasteiger partial charge on any atom is 0.418 e. The molecule has 0 aliphatic carbocycles. The van der Waals surface area contributed by atoms with Crippen molar-refractivity contribution >= 4 is 23.2 Å². The van der Waals surface area contributed by atoms with E-state index in [1.807, 2.05) is 23.1 Å². The first-order valence-corrected chi connectivity index (χ1v) is 11.2. The van der Waals surface area contributed by atoms with E-state index in [0.717, 1.165) is 45.1 Å². The van der Waals surface area contributed by atoms with Gasteiger partial charge in [0.25, 0.3) is 0 Å². The van der Waals surface area contributed by atoms with Crippen molar-refractivity contribution in [1.29, 1.82) is 0 Å². The zero-order valence-corrected chi connectivity index (χ0v) is 19.1. The monoisotopic (exact) mass is 467 g/mol. The molecule has 1 aliphatic heterocycles. The van der Waals surface area contributed by atoms with Crippen LogP contribution in [0, 0.1) is 5.92 Å². The Morgan fingerprint density at radius 2 is 1.84 bits per heavy atom. The molecule has 2 aromatic carbocycles. The molecule has 1 amide bonds. The Morgan fingerprint density at radius 3 is 2.47 bits per heavy atom. The third kappa shape index (κ3) is 6.70. The van der Waals surface area contributed by atoms with Gasteiger partial charge in [-0.3, -0.25) is 9.69 Å². The normalized spacial score (nSPS) is 16.8. The average Bonchev–Trinajstić information content (AvgIpc) is 2.75. The molecule has 32 heavy (non-hydrogen) atoms. The lowest BCUT2D eigenvalue weighted by Crippen LogP contribution is -2.47. The molecule has 0 radical (unpaired) electrons. The van der Waals surface area contributed by atoms with Crippen LogP contribution in [0.4, 0.5) is 18.9 Å². The van der Waals surface area contributed by atoms with Gasteiger partial charge in [-0.25, -0.2) is 0 Å². The van der Waals surface area contributed by atoms with Crippen LogP contribution < -0.4 is 5.32 Å². The third-order valence-corrected chi connectivity index (χ3v) is 6.22. The second-order valence-electron chi connectivity index (χ2n) is 8.51. The topological polar surface area (TPSA) is 35.6 Å². The molecule has 0 aromatic heterocycles. The molecule has 1 aliphatic rings. The Hall–Kier alpha value is -2.09. The molecule has 1 fully saturated rings. The van der Waals surface area contributed by atoms with Crippen LogP contribution in [0.3, 0.4) is 0 Å². The molecule has 1 atom stereocenters. The SMILES string of the molecule is CC(C(=O)Nc1ccc(Cl)cc1C(F)(F)F)N1CCC(CN(C)Cc2ccccc2)CC1. The number of nitrogens with one attached hydrogen (secondary N) is 1. The molecular formula is C24H29ClF3N3O. The Kier molecular flexibility index (Phi) is 8.20. The number of hydrogen-bond donors (Lipinski definition) is 1. The van der Waals surface area contributed by atoms with Crippen molar-refractivity contribution in [2.24, 2.45) is 5.92 Å². The minimum Gasteiger partial charge on any atom is -0.324 e. The molecular weight excluding hydrogens is 439 g/mol. The number of carbonyl (C=O) groups excluding carboxylic acids is 1. The highest BCUT2D eigenvalue weighted by Crippen LogP contribution is 2.36. The van der Waals surface area contributed by atoms with E-state index in [1.54, 1.807) is 6.92 Å². The molecule has 8 heteroatoms. The summed E-state index contributed by atoms with van der Waals surface area (Å²) in [5.41, 5.74) is 0.0695. The Morgan fingerprint density at radius 1 is 1.19 bits per heavy atom. The van der Waals surface area contributed by atoms with Crippen LogP contribution in [0.1, 0.15) is 30.9 Å². The number of piperidine rings is 1. The molecule has 0 spiro atoms. The van der Waals surface area contributed by atoms with Gasteiger partial charge in [0.2, 0.25) is 5.91 Å². The summed E-state index contributed by atoms with van der Waals surface area (Å²) in [6.45, 7) is 5.09. The van der Waals surface area contributed by atoms with E-state index < -0.39 is 23.7 Å². The van der Waals surface area contributed by atoms with E-state index >= 15 is 0 Å². The van der Waals surface area contributed by atoms with Crippen LogP contribution in [0.15, 0.2) is 48.5 Å². The Bertz CT molecular complexity index is 899. The lowest BCUT2D eigenvalue weighted by molar-refractivity contribution is -0.137. The van der Waals surface area contributed by atoms with Gasteiger partial charge in [-0.15, -0.1) is 0 Å². The maximum absolute atomic E-state index is 13.3. The smallest absolute Gasteiger partial charge is 0.324 e. The van der Waals surface area contributed by atoms with Gasteiger partial charge in [0, 0.05) is 18.1 Å². The number of benzene rings is 2. The highest BCUT2D eigenvalue weighted by molar-refractivity contribution is 6.30. The van der Waals surface area contributed by atoms with Crippen LogP contribution in [-0.2, 0) is 17.5 Å². The van der Waals surface area contributed by atoms with Crippen LogP contribution in [-0.4, -0.2) is 48.4 Å². The summed E-state index contributed by atoms with van der Waals surface area (Å²) in [5.74, 6) is 0.0841. The highest BCUT2D eigenvalue weighted by Gasteiger charge is 2.35. The van der Waals surface area contributed by atoms with Crippen molar-refractivity contribution in [2.75, 3.05) is 32.0 Å². The summed E-state index contributed by atoms with van der Waals surface area (Å²) in [7, 11) is 2.11. The molecule has 1 unspecified atom stereocenters. The Labute approximate surface area is 192 Å². The van der Waals surface area contributed by atoms with E-state index in [9.17, 15) is 18.0 Å². The van der Waals surface area contributed by atoms with Crippen molar-refractivity contribution in [3.05, 3.63) is 64.7 Å². The van der Waals surface area contributed by atoms with Gasteiger partial charge in [0.15, 0.2) is 0 Å². The van der Waals surface area contributed by atoms with Crippen molar-refractivity contribution in [3.8, 4) is 0 Å². The summed E-state index contributed by atoms with van der Waals surface area (Å²) in [5, 5.41) is 2.42.